The van der Waals surface area contributed by atoms with E-state index < -0.39 is 5.82 Å². The van der Waals surface area contributed by atoms with Gasteiger partial charge in [0.1, 0.15) is 12.4 Å². The number of rotatable bonds is 14. The number of methoxy groups -OCH3 is 1. The first-order chi connectivity index (χ1) is 20.8. The molecular formula is C36H57FN5O+. The molecule has 0 aliphatic rings. The van der Waals surface area contributed by atoms with Crippen LogP contribution in [0.2, 0.25) is 0 Å². The van der Waals surface area contributed by atoms with Crippen LogP contribution in [0.15, 0.2) is 43.0 Å². The van der Waals surface area contributed by atoms with Crippen molar-refractivity contribution >= 4 is 16.6 Å². The number of pyridine rings is 1. The predicted octanol–water partition coefficient (Wildman–Crippen LogP) is 9.34. The second-order valence-electron chi connectivity index (χ2n) is 11.8. The highest BCUT2D eigenvalue weighted by molar-refractivity contribution is 5.97. The standard InChI is InChI=1S/C17H13FN4O.C10H22.C9H21N/c1-10-7-20-17-13(8-21-22(17)9-10)11-3-4-19-15-6-14(18)16(23-2)5-12(11)15;2*1-4-6-7-9-10(3)8-5-2/h3-9H,1-2H3;10H,4-9H2,1-3H3;4-9H2,1-3H3/p+1. The third-order valence-corrected chi connectivity index (χ3v) is 7.68. The second-order valence-corrected chi connectivity index (χ2v) is 11.8. The second kappa shape index (κ2) is 20.0. The van der Waals surface area contributed by atoms with Crippen molar-refractivity contribution in [1.82, 2.24) is 20.0 Å². The SMILES string of the molecule is CCCCCC(C)CCC.CCCCCN(C)CCC.COc1cc2c(-c3c[nH][n+]4cc(C)cnc34)ccnc2cc1F. The van der Waals surface area contributed by atoms with Crippen molar-refractivity contribution in [1.29, 1.82) is 0 Å². The molecule has 6 nitrogen and oxygen atoms in total. The molecule has 4 aromatic rings. The van der Waals surface area contributed by atoms with Gasteiger partial charge in [-0.3, -0.25) is 4.98 Å². The minimum Gasteiger partial charge on any atom is -0.494 e. The van der Waals surface area contributed by atoms with E-state index >= 15 is 0 Å². The number of fused-ring (bicyclic) bond motifs is 2. The Morgan fingerprint density at radius 1 is 0.930 bits per heavy atom. The number of aryl methyl sites for hydroxylation is 1. The molecule has 0 fully saturated rings. The lowest BCUT2D eigenvalue weighted by molar-refractivity contribution is -0.579. The zero-order valence-corrected chi connectivity index (χ0v) is 28.2. The molecule has 1 aromatic carbocycles. The van der Waals surface area contributed by atoms with E-state index in [1.54, 1.807) is 12.3 Å². The van der Waals surface area contributed by atoms with Crippen molar-refractivity contribution in [3.05, 3.63) is 54.4 Å². The Kier molecular flexibility index (Phi) is 16.8. The van der Waals surface area contributed by atoms with Gasteiger partial charge < -0.3 is 9.64 Å². The van der Waals surface area contributed by atoms with E-state index in [9.17, 15) is 4.39 Å². The molecule has 43 heavy (non-hydrogen) atoms. The summed E-state index contributed by atoms with van der Waals surface area (Å²) in [5.74, 6) is 0.742. The van der Waals surface area contributed by atoms with Gasteiger partial charge in [-0.05, 0) is 62.9 Å². The van der Waals surface area contributed by atoms with Crippen LogP contribution in [-0.4, -0.2) is 47.2 Å². The molecule has 0 aliphatic heterocycles. The van der Waals surface area contributed by atoms with Gasteiger partial charge in [-0.15, -0.1) is 4.52 Å². The summed E-state index contributed by atoms with van der Waals surface area (Å²) in [6, 6.07) is 4.95. The van der Waals surface area contributed by atoms with E-state index in [2.05, 4.69) is 61.6 Å². The molecule has 0 saturated heterocycles. The zero-order valence-electron chi connectivity index (χ0n) is 28.2. The average Bonchev–Trinajstić information content (AvgIpc) is 3.40. The van der Waals surface area contributed by atoms with Gasteiger partial charge in [-0.2, -0.15) is 0 Å². The van der Waals surface area contributed by atoms with E-state index in [1.165, 1.54) is 90.5 Å². The number of nitrogens with zero attached hydrogens (tertiary/aromatic N) is 4. The Labute approximate surface area is 260 Å². The quantitative estimate of drug-likeness (QED) is 0.117. The van der Waals surface area contributed by atoms with E-state index in [4.69, 9.17) is 4.74 Å². The van der Waals surface area contributed by atoms with Crippen LogP contribution in [0.25, 0.3) is 27.7 Å². The Hall–Kier alpha value is -3.06. The lowest BCUT2D eigenvalue weighted by atomic mass is 9.99. The summed E-state index contributed by atoms with van der Waals surface area (Å²) in [4.78, 5) is 11.2. The average molecular weight is 595 g/mol. The number of aromatic amines is 1. The molecule has 0 aliphatic carbocycles. The zero-order chi connectivity index (χ0) is 31.6. The molecule has 0 amide bonds. The number of ether oxygens (including phenoxy) is 1. The highest BCUT2D eigenvalue weighted by Gasteiger charge is 2.18. The maximum Gasteiger partial charge on any atom is 0.355 e. The minimum atomic E-state index is -0.424. The third kappa shape index (κ3) is 11.9. The smallest absolute Gasteiger partial charge is 0.355 e. The van der Waals surface area contributed by atoms with Gasteiger partial charge in [0.25, 0.3) is 0 Å². The monoisotopic (exact) mass is 594 g/mol. The first-order valence-electron chi connectivity index (χ1n) is 16.5. The minimum absolute atomic E-state index is 0.197. The Morgan fingerprint density at radius 2 is 1.67 bits per heavy atom. The van der Waals surface area contributed by atoms with Crippen LogP contribution in [0.4, 0.5) is 4.39 Å². The van der Waals surface area contributed by atoms with Crippen molar-refractivity contribution in [2.24, 2.45) is 5.92 Å². The first-order valence-corrected chi connectivity index (χ1v) is 16.5. The van der Waals surface area contributed by atoms with Crippen LogP contribution < -0.4 is 9.25 Å². The Bertz CT molecular complexity index is 1320. The largest absolute Gasteiger partial charge is 0.494 e. The highest BCUT2D eigenvalue weighted by Crippen LogP contribution is 2.32. The predicted molar refractivity (Wildman–Crippen MR) is 179 cm³/mol. The van der Waals surface area contributed by atoms with E-state index in [0.717, 1.165) is 33.6 Å². The van der Waals surface area contributed by atoms with Crippen molar-refractivity contribution in [3.63, 3.8) is 0 Å². The van der Waals surface area contributed by atoms with Gasteiger partial charge in [-0.1, -0.05) is 86.0 Å². The summed E-state index contributed by atoms with van der Waals surface area (Å²) in [6.45, 7) is 15.9. The Morgan fingerprint density at radius 3 is 2.35 bits per heavy atom. The van der Waals surface area contributed by atoms with Gasteiger partial charge >= 0.3 is 5.65 Å². The van der Waals surface area contributed by atoms with E-state index in [1.807, 2.05) is 36.1 Å². The summed E-state index contributed by atoms with van der Waals surface area (Å²) >= 11 is 0. The summed E-state index contributed by atoms with van der Waals surface area (Å²) in [6.07, 6.45) is 21.1. The molecule has 1 N–H and O–H groups in total. The molecule has 3 aromatic heterocycles. The summed E-state index contributed by atoms with van der Waals surface area (Å²) < 4.78 is 20.9. The number of aromatic nitrogens is 4. The van der Waals surface area contributed by atoms with E-state index in [-0.39, 0.29) is 5.75 Å². The van der Waals surface area contributed by atoms with Crippen molar-refractivity contribution in [2.45, 2.75) is 106 Å². The number of hydrogen-bond donors (Lipinski definition) is 1. The number of benzene rings is 1. The number of H-pyrrole nitrogens is 1. The number of nitrogens with one attached hydrogen (secondary N) is 1. The number of halogens is 1. The molecule has 0 bridgehead atoms. The van der Waals surface area contributed by atoms with Gasteiger partial charge in [0, 0.05) is 28.8 Å². The molecule has 0 saturated carbocycles. The molecule has 0 spiro atoms. The third-order valence-electron chi connectivity index (χ3n) is 7.68. The molecule has 0 radical (unpaired) electrons. The fourth-order valence-corrected chi connectivity index (χ4v) is 5.26. The molecule has 238 valence electrons. The van der Waals surface area contributed by atoms with Gasteiger partial charge in [0.2, 0.25) is 0 Å². The fourth-order valence-electron chi connectivity index (χ4n) is 5.26. The summed E-state index contributed by atoms with van der Waals surface area (Å²) in [5, 5.41) is 3.98. The maximum absolute atomic E-state index is 13.9. The van der Waals surface area contributed by atoms with Crippen molar-refractivity contribution < 1.29 is 13.6 Å². The number of hydrogen-bond acceptors (Lipinski definition) is 4. The van der Waals surface area contributed by atoms with Crippen LogP contribution in [-0.2, 0) is 0 Å². The van der Waals surface area contributed by atoms with Gasteiger partial charge in [0.05, 0.1) is 24.4 Å². The lowest BCUT2D eigenvalue weighted by Crippen LogP contribution is -2.23. The molecule has 4 rings (SSSR count). The van der Waals surface area contributed by atoms with Crippen LogP contribution in [0.1, 0.15) is 104 Å². The van der Waals surface area contributed by atoms with E-state index in [0.29, 0.717) is 5.52 Å². The molecule has 1 unspecified atom stereocenters. The lowest BCUT2D eigenvalue weighted by Gasteiger charge is -2.14. The molecular weight excluding hydrogens is 537 g/mol. The molecule has 3 heterocycles. The fraction of sp³-hybridized carbons (Fsp3) is 0.583. The van der Waals surface area contributed by atoms with Crippen LogP contribution in [0, 0.1) is 18.7 Å². The summed E-state index contributed by atoms with van der Waals surface area (Å²) in [5.41, 5.74) is 4.27. The van der Waals surface area contributed by atoms with Crippen LogP contribution in [0.5, 0.6) is 5.75 Å². The molecule has 7 heteroatoms. The van der Waals surface area contributed by atoms with Crippen LogP contribution in [0.3, 0.4) is 0 Å². The normalized spacial score (nSPS) is 11.7. The van der Waals surface area contributed by atoms with Crippen LogP contribution >= 0.6 is 0 Å². The van der Waals surface area contributed by atoms with Gasteiger partial charge in [-0.25, -0.2) is 9.49 Å². The Balaban J connectivity index is 0.000000271. The number of unbranched alkanes of at least 4 members (excludes halogenated alkanes) is 4. The van der Waals surface area contributed by atoms with Crippen molar-refractivity contribution in [3.8, 4) is 16.9 Å². The van der Waals surface area contributed by atoms with Gasteiger partial charge in [0.15, 0.2) is 11.6 Å². The van der Waals surface area contributed by atoms with Crippen molar-refractivity contribution in [2.75, 3.05) is 27.2 Å². The molecule has 1 atom stereocenters. The highest BCUT2D eigenvalue weighted by atomic mass is 19.1. The topological polar surface area (TPSA) is 58.1 Å². The summed E-state index contributed by atoms with van der Waals surface area (Å²) in [7, 11) is 3.66. The maximum atomic E-state index is 13.9. The first kappa shape index (κ1) is 36.1.